The van der Waals surface area contributed by atoms with Crippen molar-refractivity contribution < 1.29 is 22.4 Å². The zero-order valence-corrected chi connectivity index (χ0v) is 14.4. The van der Waals surface area contributed by atoms with Gasteiger partial charge in [-0.2, -0.15) is 13.2 Å². The second-order valence-corrected chi connectivity index (χ2v) is 6.19. The summed E-state index contributed by atoms with van der Waals surface area (Å²) in [5.74, 6) is -1.82. The van der Waals surface area contributed by atoms with E-state index in [1.54, 1.807) is 6.07 Å². The van der Waals surface area contributed by atoms with Gasteiger partial charge in [0.25, 0.3) is 5.91 Å². The number of imidazole rings is 1. The number of benzene rings is 1. The maximum atomic E-state index is 13.8. The highest BCUT2D eigenvalue weighted by molar-refractivity contribution is 9.10. The third-order valence-corrected chi connectivity index (χ3v) is 4.61. The van der Waals surface area contributed by atoms with Crippen molar-refractivity contribution in [1.82, 2.24) is 9.38 Å². The largest absolute Gasteiger partial charge is 0.416 e. The van der Waals surface area contributed by atoms with Crippen LogP contribution in [0.15, 0.2) is 41.1 Å². The van der Waals surface area contributed by atoms with E-state index < -0.39 is 29.2 Å². The predicted molar refractivity (Wildman–Crippen MR) is 87.3 cm³/mol. The summed E-state index contributed by atoms with van der Waals surface area (Å²) in [5, 5.41) is 2.38. The van der Waals surface area contributed by atoms with Crippen molar-refractivity contribution in [3.63, 3.8) is 0 Å². The Bertz CT molecular complexity index is 987. The summed E-state index contributed by atoms with van der Waals surface area (Å²) < 4.78 is 53.9. The summed E-state index contributed by atoms with van der Waals surface area (Å²) in [7, 11) is 0. The van der Waals surface area contributed by atoms with E-state index in [1.807, 2.05) is 0 Å². The zero-order chi connectivity index (χ0) is 18.4. The number of fused-ring (bicyclic) bond motifs is 1. The molecule has 1 N–H and O–H groups in total. The highest BCUT2D eigenvalue weighted by Crippen LogP contribution is 2.32. The molecule has 2 aromatic heterocycles. The fourth-order valence-corrected chi connectivity index (χ4v) is 2.64. The molecule has 3 aromatic rings. The highest BCUT2D eigenvalue weighted by atomic mass is 79.9. The van der Waals surface area contributed by atoms with Gasteiger partial charge in [0.05, 0.1) is 22.5 Å². The topological polar surface area (TPSA) is 46.4 Å². The Morgan fingerprint density at radius 1 is 1.28 bits per heavy atom. The lowest BCUT2D eigenvalue weighted by atomic mass is 10.2. The molecule has 3 rings (SSSR count). The fraction of sp³-hybridized carbons (Fsp3) is 0.0667. The normalized spacial score (nSPS) is 11.8. The van der Waals surface area contributed by atoms with Crippen molar-refractivity contribution in [2.45, 2.75) is 6.18 Å². The van der Waals surface area contributed by atoms with E-state index in [2.05, 4.69) is 26.2 Å². The van der Waals surface area contributed by atoms with Gasteiger partial charge in [0.1, 0.15) is 11.5 Å². The number of anilines is 1. The Morgan fingerprint density at radius 3 is 2.68 bits per heavy atom. The van der Waals surface area contributed by atoms with E-state index in [4.69, 9.17) is 11.6 Å². The SMILES string of the molecule is O=C(Nc1cc(C(F)(F)F)ccc1F)c1cnc2c(Cl)c(Br)ccn12. The number of hydrogen-bond donors (Lipinski definition) is 1. The van der Waals surface area contributed by atoms with Crippen LogP contribution in [-0.2, 0) is 6.18 Å². The molecule has 0 spiro atoms. The Hall–Kier alpha value is -2.13. The van der Waals surface area contributed by atoms with Crippen LogP contribution in [0.2, 0.25) is 5.02 Å². The molecular formula is C15H7BrClF4N3O. The van der Waals surface area contributed by atoms with Crippen LogP contribution in [0.1, 0.15) is 16.1 Å². The molecule has 25 heavy (non-hydrogen) atoms. The van der Waals surface area contributed by atoms with Crippen LogP contribution >= 0.6 is 27.5 Å². The van der Waals surface area contributed by atoms with Gasteiger partial charge >= 0.3 is 6.18 Å². The van der Waals surface area contributed by atoms with Crippen LogP contribution in [0.3, 0.4) is 0 Å². The molecule has 0 unspecified atom stereocenters. The summed E-state index contributed by atoms with van der Waals surface area (Å²) in [4.78, 5) is 16.3. The van der Waals surface area contributed by atoms with Crippen LogP contribution in [0, 0.1) is 5.82 Å². The van der Waals surface area contributed by atoms with Crippen molar-refractivity contribution >= 4 is 44.8 Å². The van der Waals surface area contributed by atoms with Crippen molar-refractivity contribution in [1.29, 1.82) is 0 Å². The molecule has 4 nitrogen and oxygen atoms in total. The summed E-state index contributed by atoms with van der Waals surface area (Å²) in [6.45, 7) is 0. The van der Waals surface area contributed by atoms with Gasteiger partial charge < -0.3 is 5.32 Å². The number of halogens is 6. The molecular weight excluding hydrogens is 430 g/mol. The first-order chi connectivity index (χ1) is 11.7. The molecule has 0 radical (unpaired) electrons. The van der Waals surface area contributed by atoms with Crippen LogP contribution < -0.4 is 5.32 Å². The molecule has 2 heterocycles. The minimum Gasteiger partial charge on any atom is -0.318 e. The minimum atomic E-state index is -4.66. The van der Waals surface area contributed by atoms with Gasteiger partial charge in [0.2, 0.25) is 0 Å². The Morgan fingerprint density at radius 2 is 2.00 bits per heavy atom. The van der Waals surface area contributed by atoms with E-state index in [9.17, 15) is 22.4 Å². The van der Waals surface area contributed by atoms with Crippen molar-refractivity contribution in [3.05, 3.63) is 63.2 Å². The van der Waals surface area contributed by atoms with Gasteiger partial charge in [-0.1, -0.05) is 11.6 Å². The van der Waals surface area contributed by atoms with Crippen LogP contribution in [0.4, 0.5) is 23.2 Å². The van der Waals surface area contributed by atoms with Gasteiger partial charge in [-0.25, -0.2) is 9.37 Å². The number of hydrogen-bond acceptors (Lipinski definition) is 2. The first-order valence-corrected chi connectivity index (χ1v) is 7.84. The number of carbonyl (C=O) groups excluding carboxylic acids is 1. The quantitative estimate of drug-likeness (QED) is 0.564. The molecule has 0 atom stereocenters. The molecule has 0 saturated heterocycles. The van der Waals surface area contributed by atoms with E-state index in [1.165, 1.54) is 16.8 Å². The number of pyridine rings is 1. The molecule has 0 aliphatic rings. The van der Waals surface area contributed by atoms with Crippen LogP contribution in [0.25, 0.3) is 5.65 Å². The Kier molecular flexibility index (Phi) is 4.46. The smallest absolute Gasteiger partial charge is 0.318 e. The number of nitrogens with one attached hydrogen (secondary N) is 1. The summed E-state index contributed by atoms with van der Waals surface area (Å²) in [6, 6.07) is 3.33. The second kappa shape index (κ2) is 6.30. The molecule has 1 amide bonds. The van der Waals surface area contributed by atoms with Crippen LogP contribution in [-0.4, -0.2) is 15.3 Å². The average molecular weight is 437 g/mol. The predicted octanol–water partition coefficient (Wildman–Crippen LogP) is 5.16. The van der Waals surface area contributed by atoms with E-state index in [0.29, 0.717) is 22.7 Å². The molecule has 0 bridgehead atoms. The van der Waals surface area contributed by atoms with E-state index in [-0.39, 0.29) is 16.4 Å². The molecule has 0 saturated carbocycles. The second-order valence-electron chi connectivity index (χ2n) is 4.96. The number of alkyl halides is 3. The Balaban J connectivity index is 1.97. The first-order valence-electron chi connectivity index (χ1n) is 6.67. The number of amides is 1. The number of carbonyl (C=O) groups is 1. The third-order valence-electron chi connectivity index (χ3n) is 3.35. The standard InChI is InChI=1S/C15H7BrClF4N3O/c16-8-3-4-24-11(6-22-13(24)12(8)17)14(25)23-10-5-7(15(19,20)21)1-2-9(10)18/h1-6H,(H,23,25). The maximum Gasteiger partial charge on any atom is 0.416 e. The number of nitrogens with zero attached hydrogens (tertiary/aromatic N) is 2. The fourth-order valence-electron chi connectivity index (χ4n) is 2.15. The average Bonchev–Trinajstić information content (AvgIpc) is 2.96. The number of rotatable bonds is 2. The van der Waals surface area contributed by atoms with Gasteiger partial charge in [-0.15, -0.1) is 0 Å². The Labute approximate surface area is 151 Å². The lowest BCUT2D eigenvalue weighted by molar-refractivity contribution is -0.137. The molecule has 0 aliphatic carbocycles. The number of aromatic nitrogens is 2. The third kappa shape index (κ3) is 3.34. The summed E-state index contributed by atoms with van der Waals surface area (Å²) in [5.41, 5.74) is -1.40. The van der Waals surface area contributed by atoms with Gasteiger partial charge in [0, 0.05) is 10.7 Å². The van der Waals surface area contributed by atoms with E-state index in [0.717, 1.165) is 0 Å². The van der Waals surface area contributed by atoms with Crippen molar-refractivity contribution in [3.8, 4) is 0 Å². The van der Waals surface area contributed by atoms with Crippen molar-refractivity contribution in [2.75, 3.05) is 5.32 Å². The highest BCUT2D eigenvalue weighted by Gasteiger charge is 2.31. The van der Waals surface area contributed by atoms with E-state index >= 15 is 0 Å². The van der Waals surface area contributed by atoms with Gasteiger partial charge in [-0.3, -0.25) is 9.20 Å². The maximum absolute atomic E-state index is 13.8. The van der Waals surface area contributed by atoms with Gasteiger partial charge in [0.15, 0.2) is 5.65 Å². The van der Waals surface area contributed by atoms with Crippen molar-refractivity contribution in [2.24, 2.45) is 0 Å². The van der Waals surface area contributed by atoms with Gasteiger partial charge in [-0.05, 0) is 40.2 Å². The zero-order valence-electron chi connectivity index (χ0n) is 12.0. The summed E-state index contributed by atoms with van der Waals surface area (Å²) in [6.07, 6.45) is -1.97. The lowest BCUT2D eigenvalue weighted by Gasteiger charge is -2.11. The lowest BCUT2D eigenvalue weighted by Crippen LogP contribution is -2.16. The molecule has 1 aromatic carbocycles. The first kappa shape index (κ1) is 17.7. The summed E-state index contributed by atoms with van der Waals surface area (Å²) >= 11 is 9.26. The molecule has 10 heteroatoms. The monoisotopic (exact) mass is 435 g/mol. The molecule has 130 valence electrons. The minimum absolute atomic E-state index is 0.0128. The molecule has 0 aliphatic heterocycles. The molecule has 0 fully saturated rings. The van der Waals surface area contributed by atoms with Crippen LogP contribution in [0.5, 0.6) is 0 Å².